The number of hydrogen-bond donors (Lipinski definition) is 0. The molecule has 0 fully saturated rings. The fraction of sp³-hybridized carbons (Fsp3) is 0.211. The van der Waals surface area contributed by atoms with E-state index in [1.165, 1.54) is 0 Å². The number of hydrogen-bond acceptors (Lipinski definition) is 0. The highest BCUT2D eigenvalue weighted by atomic mass is 19.4. The van der Waals surface area contributed by atoms with Gasteiger partial charge in [0, 0.05) is 6.42 Å². The van der Waals surface area contributed by atoms with Crippen LogP contribution in [0.1, 0.15) is 34.7 Å². The van der Waals surface area contributed by atoms with Crippen molar-refractivity contribution in [2.45, 2.75) is 26.2 Å². The van der Waals surface area contributed by atoms with Gasteiger partial charge in [0.15, 0.2) is 0 Å². The summed E-state index contributed by atoms with van der Waals surface area (Å²) in [5.41, 5.74) is 0.622. The first kappa shape index (κ1) is 17.6. The van der Waals surface area contributed by atoms with E-state index in [9.17, 15) is 26.3 Å². The maximum Gasteiger partial charge on any atom is 0.416 e. The third kappa shape index (κ3) is 3.30. The Balaban J connectivity index is 2.31. The Morgan fingerprint density at radius 1 is 0.760 bits per heavy atom. The van der Waals surface area contributed by atoms with E-state index in [0.717, 1.165) is 23.3 Å². The molecule has 0 spiro atoms. The summed E-state index contributed by atoms with van der Waals surface area (Å²) in [5, 5.41) is 0. The van der Waals surface area contributed by atoms with Crippen molar-refractivity contribution in [3.05, 3.63) is 70.1 Å². The minimum Gasteiger partial charge on any atom is -0.166 e. The molecule has 0 N–H and O–H groups in total. The fourth-order valence-corrected chi connectivity index (χ4v) is 3.02. The number of rotatable bonds is 1. The van der Waals surface area contributed by atoms with Gasteiger partial charge in [-0.1, -0.05) is 23.8 Å². The number of halogens is 6. The summed E-state index contributed by atoms with van der Waals surface area (Å²) in [7, 11) is 0. The lowest BCUT2D eigenvalue weighted by Gasteiger charge is -2.17. The summed E-state index contributed by atoms with van der Waals surface area (Å²) < 4.78 is 78.6. The van der Waals surface area contributed by atoms with E-state index in [-0.39, 0.29) is 11.6 Å². The van der Waals surface area contributed by atoms with Crippen molar-refractivity contribution < 1.29 is 26.3 Å². The number of allylic oxidation sites excluding steroid dienone is 1. The first-order chi connectivity index (χ1) is 11.5. The summed E-state index contributed by atoms with van der Waals surface area (Å²) in [6.45, 7) is 3.50. The standard InChI is InChI=1S/C19H13F6/c1-10-5-12-4-3-11(2)17(16(12)6-10)13-7-14(18(20,21)22)9-15(8-13)19(23,24)25/h3-9H,1-2H3. The Labute approximate surface area is 140 Å². The smallest absolute Gasteiger partial charge is 0.166 e. The van der Waals surface area contributed by atoms with Crippen molar-refractivity contribution in [2.24, 2.45) is 0 Å². The van der Waals surface area contributed by atoms with Gasteiger partial charge in [0.25, 0.3) is 0 Å². The second kappa shape index (κ2) is 5.64. The molecule has 0 saturated heterocycles. The SMILES string of the molecule is CC1=Cc2c(ccc(C)c2-c2cc(C(F)(F)F)cc(C(F)(F)F)c2)[CH]1. The molecule has 3 rings (SSSR count). The zero-order valence-corrected chi connectivity index (χ0v) is 13.3. The molecule has 0 bridgehead atoms. The zero-order chi connectivity index (χ0) is 18.6. The predicted molar refractivity (Wildman–Crippen MR) is 83.7 cm³/mol. The van der Waals surface area contributed by atoms with Gasteiger partial charge in [0.05, 0.1) is 11.1 Å². The summed E-state index contributed by atoms with van der Waals surface area (Å²) in [6, 6.07) is 5.21. The fourth-order valence-electron chi connectivity index (χ4n) is 3.02. The third-order valence-corrected chi connectivity index (χ3v) is 4.12. The summed E-state index contributed by atoms with van der Waals surface area (Å²) >= 11 is 0. The molecule has 0 amide bonds. The molecule has 0 heterocycles. The van der Waals surface area contributed by atoms with E-state index in [0.29, 0.717) is 16.7 Å². The Kier molecular flexibility index (Phi) is 3.97. The monoisotopic (exact) mass is 355 g/mol. The maximum absolute atomic E-state index is 13.1. The van der Waals surface area contributed by atoms with Crippen LogP contribution >= 0.6 is 0 Å². The van der Waals surface area contributed by atoms with Gasteiger partial charge in [-0.15, -0.1) is 0 Å². The van der Waals surface area contributed by atoms with Gasteiger partial charge >= 0.3 is 12.4 Å². The first-order valence-electron chi connectivity index (χ1n) is 7.43. The molecule has 131 valence electrons. The zero-order valence-electron chi connectivity index (χ0n) is 13.3. The van der Waals surface area contributed by atoms with Crippen molar-refractivity contribution in [2.75, 3.05) is 0 Å². The summed E-state index contributed by atoms with van der Waals surface area (Å²) in [6.07, 6.45) is -6.11. The molecule has 0 unspecified atom stereocenters. The third-order valence-electron chi connectivity index (χ3n) is 4.12. The normalized spacial score (nSPS) is 14.5. The minimum absolute atomic E-state index is 0.0872. The average molecular weight is 355 g/mol. The van der Waals surface area contributed by atoms with E-state index >= 15 is 0 Å². The molecule has 0 aromatic heterocycles. The van der Waals surface area contributed by atoms with Gasteiger partial charge in [-0.25, -0.2) is 0 Å². The highest BCUT2D eigenvalue weighted by Crippen LogP contribution is 2.42. The van der Waals surface area contributed by atoms with E-state index in [2.05, 4.69) is 0 Å². The molecule has 0 saturated carbocycles. The van der Waals surface area contributed by atoms with Crippen LogP contribution in [0.2, 0.25) is 0 Å². The van der Waals surface area contributed by atoms with Gasteiger partial charge in [0.1, 0.15) is 0 Å². The van der Waals surface area contributed by atoms with Crippen molar-refractivity contribution in [1.29, 1.82) is 0 Å². The Hall–Kier alpha value is -2.24. The lowest BCUT2D eigenvalue weighted by atomic mass is 9.90. The van der Waals surface area contributed by atoms with Gasteiger partial charge in [0.2, 0.25) is 0 Å². The van der Waals surface area contributed by atoms with E-state index < -0.39 is 23.5 Å². The Morgan fingerprint density at radius 2 is 1.32 bits per heavy atom. The minimum atomic E-state index is -4.86. The molecule has 2 aromatic carbocycles. The highest BCUT2D eigenvalue weighted by molar-refractivity contribution is 5.85. The van der Waals surface area contributed by atoms with Crippen LogP contribution in [0, 0.1) is 13.3 Å². The Morgan fingerprint density at radius 3 is 1.84 bits per heavy atom. The number of fused-ring (bicyclic) bond motifs is 1. The van der Waals surface area contributed by atoms with Crippen molar-refractivity contribution in [3.8, 4) is 11.1 Å². The number of aryl methyl sites for hydroxylation is 1. The molecule has 0 nitrogen and oxygen atoms in total. The lowest BCUT2D eigenvalue weighted by molar-refractivity contribution is -0.143. The van der Waals surface area contributed by atoms with E-state index in [1.54, 1.807) is 25.1 Å². The largest absolute Gasteiger partial charge is 0.416 e. The number of benzene rings is 2. The molecular weight excluding hydrogens is 342 g/mol. The molecule has 1 aliphatic carbocycles. The van der Waals surface area contributed by atoms with Crippen LogP contribution in [0.4, 0.5) is 26.3 Å². The van der Waals surface area contributed by atoms with Crippen molar-refractivity contribution >= 4 is 6.08 Å². The second-order valence-corrected chi connectivity index (χ2v) is 6.09. The topological polar surface area (TPSA) is 0 Å². The molecule has 0 atom stereocenters. The molecule has 25 heavy (non-hydrogen) atoms. The highest BCUT2D eigenvalue weighted by Gasteiger charge is 2.37. The van der Waals surface area contributed by atoms with Gasteiger partial charge in [-0.2, -0.15) is 26.3 Å². The molecule has 0 aliphatic heterocycles. The van der Waals surface area contributed by atoms with Gasteiger partial charge in [-0.3, -0.25) is 0 Å². The van der Waals surface area contributed by atoms with Crippen LogP contribution in [-0.2, 0) is 12.4 Å². The number of alkyl halides is 6. The van der Waals surface area contributed by atoms with E-state index in [1.807, 2.05) is 13.3 Å². The van der Waals surface area contributed by atoms with Gasteiger partial charge in [-0.05, 0) is 59.9 Å². The maximum atomic E-state index is 13.1. The van der Waals surface area contributed by atoms with Crippen LogP contribution in [0.25, 0.3) is 17.2 Å². The van der Waals surface area contributed by atoms with Crippen LogP contribution in [0.15, 0.2) is 35.9 Å². The van der Waals surface area contributed by atoms with E-state index in [4.69, 9.17) is 0 Å². The summed E-state index contributed by atoms with van der Waals surface area (Å²) in [5.74, 6) is 0. The lowest BCUT2D eigenvalue weighted by Crippen LogP contribution is -2.11. The molecule has 6 heteroatoms. The first-order valence-corrected chi connectivity index (χ1v) is 7.43. The van der Waals surface area contributed by atoms with Crippen LogP contribution < -0.4 is 0 Å². The van der Waals surface area contributed by atoms with Gasteiger partial charge < -0.3 is 0 Å². The van der Waals surface area contributed by atoms with Crippen LogP contribution in [-0.4, -0.2) is 0 Å². The average Bonchev–Trinajstić information content (AvgIpc) is 2.85. The predicted octanol–water partition coefficient (Wildman–Crippen LogP) is 6.67. The quantitative estimate of drug-likeness (QED) is 0.501. The van der Waals surface area contributed by atoms with Crippen LogP contribution in [0.5, 0.6) is 0 Å². The second-order valence-electron chi connectivity index (χ2n) is 6.09. The summed E-state index contributed by atoms with van der Waals surface area (Å²) in [4.78, 5) is 0. The Bertz CT molecular complexity index is 836. The molecule has 2 aromatic rings. The van der Waals surface area contributed by atoms with Crippen molar-refractivity contribution in [3.63, 3.8) is 0 Å². The van der Waals surface area contributed by atoms with Crippen molar-refractivity contribution in [1.82, 2.24) is 0 Å². The molecule has 1 aliphatic rings. The molecule has 1 radical (unpaired) electrons. The molecular formula is C19H13F6. The van der Waals surface area contributed by atoms with Crippen LogP contribution in [0.3, 0.4) is 0 Å².